The molecular formula is C21H23FN6O3. The number of urea groups is 1. The fourth-order valence-electron chi connectivity index (χ4n) is 4.11. The highest BCUT2D eigenvalue weighted by molar-refractivity contribution is 5.94. The van der Waals surface area contributed by atoms with Gasteiger partial charge in [-0.05, 0) is 32.9 Å². The normalized spacial score (nSPS) is 27.7. The van der Waals surface area contributed by atoms with Crippen molar-refractivity contribution in [2.75, 3.05) is 7.05 Å². The molecule has 1 aromatic rings. The molecule has 0 bridgehead atoms. The van der Waals surface area contributed by atoms with E-state index in [2.05, 4.69) is 10.4 Å². The lowest BCUT2D eigenvalue weighted by Gasteiger charge is -2.33. The molecule has 0 saturated carbocycles. The summed E-state index contributed by atoms with van der Waals surface area (Å²) in [5.74, 6) is -1.06. The zero-order valence-electron chi connectivity index (χ0n) is 17.8. The summed E-state index contributed by atoms with van der Waals surface area (Å²) in [6.45, 7) is 5.81. The van der Waals surface area contributed by atoms with Crippen LogP contribution in [0.15, 0.2) is 35.3 Å². The Balaban J connectivity index is 1.81. The third-order valence-corrected chi connectivity index (χ3v) is 5.51. The van der Waals surface area contributed by atoms with Crippen molar-refractivity contribution in [3.8, 4) is 6.07 Å². The summed E-state index contributed by atoms with van der Waals surface area (Å²) in [5.41, 5.74) is 1.09. The maximum absolute atomic E-state index is 14.8. The van der Waals surface area contributed by atoms with Gasteiger partial charge in [0, 0.05) is 24.7 Å². The number of nitrogens with zero attached hydrogens (tertiary/aromatic N) is 5. The minimum atomic E-state index is -0.706. The van der Waals surface area contributed by atoms with Crippen LogP contribution in [0.2, 0.25) is 0 Å². The van der Waals surface area contributed by atoms with E-state index in [0.717, 1.165) is 0 Å². The summed E-state index contributed by atoms with van der Waals surface area (Å²) in [6, 6.07) is 0.727. The van der Waals surface area contributed by atoms with E-state index in [9.17, 15) is 19.2 Å². The van der Waals surface area contributed by atoms with Gasteiger partial charge in [0.2, 0.25) is 0 Å². The quantitative estimate of drug-likeness (QED) is 0.686. The van der Waals surface area contributed by atoms with Gasteiger partial charge < -0.3 is 10.2 Å². The number of fused-ring (bicyclic) bond motifs is 4. The van der Waals surface area contributed by atoms with Crippen LogP contribution >= 0.6 is 0 Å². The molecular weight excluding hydrogens is 403 g/mol. The zero-order valence-corrected chi connectivity index (χ0v) is 17.8. The number of nitriles is 1. The lowest BCUT2D eigenvalue weighted by atomic mass is 9.97. The minimum Gasteiger partial charge on any atom is -0.313 e. The molecule has 1 aromatic heterocycles. The highest BCUT2D eigenvalue weighted by Gasteiger charge is 2.40. The van der Waals surface area contributed by atoms with Gasteiger partial charge in [-0.3, -0.25) is 14.3 Å². The zero-order chi connectivity index (χ0) is 22.5. The predicted molar refractivity (Wildman–Crippen MR) is 108 cm³/mol. The lowest BCUT2D eigenvalue weighted by molar-refractivity contribution is -0.190. The number of carbonyl (C=O) groups is 2. The van der Waals surface area contributed by atoms with Crippen LogP contribution in [0, 0.1) is 11.3 Å². The summed E-state index contributed by atoms with van der Waals surface area (Å²) < 4.78 is 16.4. The number of carbonyl (C=O) groups excluding carboxylic acids is 2. The van der Waals surface area contributed by atoms with Gasteiger partial charge in [0.25, 0.3) is 5.91 Å². The van der Waals surface area contributed by atoms with Crippen LogP contribution in [0.1, 0.15) is 42.5 Å². The monoisotopic (exact) mass is 426 g/mol. The molecule has 0 fully saturated rings. The van der Waals surface area contributed by atoms with Gasteiger partial charge in [0.05, 0.1) is 30.4 Å². The minimum absolute atomic E-state index is 0.0733. The topological polar surface area (TPSA) is 103 Å². The van der Waals surface area contributed by atoms with E-state index in [-0.39, 0.29) is 24.4 Å². The number of allylic oxidation sites excluding steroid dienone is 4. The molecule has 1 N–H and O–H groups in total. The van der Waals surface area contributed by atoms with E-state index in [0.29, 0.717) is 29.2 Å². The molecule has 162 valence electrons. The van der Waals surface area contributed by atoms with Gasteiger partial charge in [-0.25, -0.2) is 14.2 Å². The average Bonchev–Trinajstić information content (AvgIpc) is 3.01. The molecule has 0 aromatic carbocycles. The SMILES string of the molecule is C\C=C1/C=C(C#N)\C(F)=C/[C@@H]2Cc3nn4c(c3CN2C(=O)N1)C(=O)N(C)OC(C)(C)C4. The fraction of sp³-hybridized carbons (Fsp3) is 0.429. The Bertz CT molecular complexity index is 1110. The lowest BCUT2D eigenvalue weighted by Crippen LogP contribution is -2.48. The van der Waals surface area contributed by atoms with Crippen molar-refractivity contribution in [3.05, 3.63) is 52.3 Å². The van der Waals surface area contributed by atoms with Crippen LogP contribution in [0.4, 0.5) is 9.18 Å². The second-order valence-electron chi connectivity index (χ2n) is 8.34. The van der Waals surface area contributed by atoms with Crippen molar-refractivity contribution in [2.45, 2.75) is 51.9 Å². The number of halogens is 1. The Hall–Kier alpha value is -3.45. The van der Waals surface area contributed by atoms with Crippen LogP contribution in [0.3, 0.4) is 0 Å². The molecule has 9 nitrogen and oxygen atoms in total. The van der Waals surface area contributed by atoms with Crippen LogP contribution in [0.25, 0.3) is 0 Å². The maximum atomic E-state index is 14.8. The number of amides is 3. The van der Waals surface area contributed by atoms with E-state index in [1.165, 1.54) is 22.1 Å². The molecule has 0 radical (unpaired) electrons. The second kappa shape index (κ2) is 7.35. The molecule has 4 heterocycles. The highest BCUT2D eigenvalue weighted by Crippen LogP contribution is 2.32. The first-order chi connectivity index (χ1) is 14.6. The van der Waals surface area contributed by atoms with Gasteiger partial charge in [0.15, 0.2) is 0 Å². The summed E-state index contributed by atoms with van der Waals surface area (Å²) in [4.78, 5) is 33.2. The van der Waals surface area contributed by atoms with E-state index in [4.69, 9.17) is 4.84 Å². The standard InChI is InChI=1S/C21H23FN6O3/c1-5-13-6-12(9-23)16(22)7-14-8-17-15(10-27(14)20(30)24-13)18-19(29)26(4)31-21(2,3)11-28(18)25-17/h5-7,14H,8,10-11H2,1-4H3,(H,24,30)/b12-6-,13-5+,16-7+/t14-/m1/s1. The van der Waals surface area contributed by atoms with E-state index < -0.39 is 23.5 Å². The fourth-order valence-corrected chi connectivity index (χ4v) is 4.11. The van der Waals surface area contributed by atoms with Gasteiger partial charge in [-0.2, -0.15) is 10.4 Å². The molecule has 3 aliphatic rings. The molecule has 1 atom stereocenters. The molecule has 0 aliphatic carbocycles. The first kappa shape index (κ1) is 20.8. The first-order valence-corrected chi connectivity index (χ1v) is 9.92. The van der Waals surface area contributed by atoms with Crippen molar-refractivity contribution >= 4 is 11.9 Å². The van der Waals surface area contributed by atoms with E-state index in [1.807, 2.05) is 19.9 Å². The molecule has 0 saturated heterocycles. The Kier molecular flexibility index (Phi) is 4.94. The van der Waals surface area contributed by atoms with Crippen LogP contribution in [-0.4, -0.2) is 50.4 Å². The number of hydrogen-bond acceptors (Lipinski definition) is 5. The molecule has 0 unspecified atom stereocenters. The third-order valence-electron chi connectivity index (χ3n) is 5.51. The molecule has 10 heteroatoms. The second-order valence-corrected chi connectivity index (χ2v) is 8.34. The molecule has 3 amide bonds. The van der Waals surface area contributed by atoms with Gasteiger partial charge in [-0.15, -0.1) is 0 Å². The van der Waals surface area contributed by atoms with Crippen LogP contribution in [0.5, 0.6) is 0 Å². The van der Waals surface area contributed by atoms with Gasteiger partial charge in [-0.1, -0.05) is 6.08 Å². The maximum Gasteiger partial charge on any atom is 0.322 e. The summed E-state index contributed by atoms with van der Waals surface area (Å²) >= 11 is 0. The Labute approximate surface area is 179 Å². The number of hydrogen-bond donors (Lipinski definition) is 1. The molecule has 31 heavy (non-hydrogen) atoms. The summed E-state index contributed by atoms with van der Waals surface area (Å²) in [5, 5.41) is 17.8. The highest BCUT2D eigenvalue weighted by atomic mass is 19.1. The van der Waals surface area contributed by atoms with Gasteiger partial charge in [0.1, 0.15) is 23.2 Å². The molecule has 3 aliphatic heterocycles. The number of nitrogens with one attached hydrogen (secondary N) is 1. The largest absolute Gasteiger partial charge is 0.322 e. The average molecular weight is 426 g/mol. The Morgan fingerprint density at radius 3 is 2.84 bits per heavy atom. The van der Waals surface area contributed by atoms with E-state index in [1.54, 1.807) is 24.7 Å². The molecule has 0 spiro atoms. The Morgan fingerprint density at radius 2 is 2.16 bits per heavy atom. The number of aromatic nitrogens is 2. The van der Waals surface area contributed by atoms with Crippen molar-refractivity contribution in [3.63, 3.8) is 0 Å². The van der Waals surface area contributed by atoms with Gasteiger partial charge >= 0.3 is 6.03 Å². The number of rotatable bonds is 0. The van der Waals surface area contributed by atoms with Crippen LogP contribution in [-0.2, 0) is 24.3 Å². The van der Waals surface area contributed by atoms with Crippen molar-refractivity contribution in [1.29, 1.82) is 5.26 Å². The van der Waals surface area contributed by atoms with Crippen molar-refractivity contribution < 1.29 is 18.8 Å². The number of hydroxylamine groups is 2. The molecule has 4 rings (SSSR count). The summed E-state index contributed by atoms with van der Waals surface area (Å²) in [6.07, 6.45) is 4.37. The third kappa shape index (κ3) is 3.61. The smallest absolute Gasteiger partial charge is 0.313 e. The first-order valence-electron chi connectivity index (χ1n) is 9.92. The summed E-state index contributed by atoms with van der Waals surface area (Å²) in [7, 11) is 1.54. The Morgan fingerprint density at radius 1 is 1.42 bits per heavy atom. The van der Waals surface area contributed by atoms with Crippen molar-refractivity contribution in [2.24, 2.45) is 0 Å². The van der Waals surface area contributed by atoms with E-state index >= 15 is 0 Å². The van der Waals surface area contributed by atoms with Crippen molar-refractivity contribution in [1.82, 2.24) is 25.1 Å². The predicted octanol–water partition coefficient (Wildman–Crippen LogP) is 2.34. The van der Waals surface area contributed by atoms with Crippen LogP contribution < -0.4 is 5.32 Å².